The van der Waals surface area contributed by atoms with Crippen LogP contribution in [0.4, 0.5) is 13.2 Å². The molecule has 0 saturated heterocycles. The van der Waals surface area contributed by atoms with Crippen LogP contribution >= 0.6 is 0 Å². The van der Waals surface area contributed by atoms with Crippen LogP contribution in [0.5, 0.6) is 0 Å². The molecule has 0 atom stereocenters. The number of allylic oxidation sites excluding steroid dienone is 2. The lowest BCUT2D eigenvalue weighted by Crippen LogP contribution is -2.23. The maximum Gasteiger partial charge on any atom is 0.454 e. The minimum atomic E-state index is -4.73. The molecule has 0 bridgehead atoms. The van der Waals surface area contributed by atoms with E-state index in [1.165, 1.54) is 6.92 Å². The number of Topliss-reactive ketones (excluding diaryl/α,β-unsaturated/α-hetero) is 1. The van der Waals surface area contributed by atoms with Gasteiger partial charge in [-0.15, -0.1) is 0 Å². The van der Waals surface area contributed by atoms with Gasteiger partial charge in [-0.3, -0.25) is 4.79 Å². The van der Waals surface area contributed by atoms with Crippen molar-refractivity contribution in [3.05, 3.63) is 11.6 Å². The Morgan fingerprint density at radius 3 is 1.90 bits per heavy atom. The van der Waals surface area contributed by atoms with Crippen LogP contribution in [0.1, 0.15) is 13.8 Å². The molecular weight excluding hydrogens is 145 g/mol. The molecule has 0 spiro atoms. The van der Waals surface area contributed by atoms with Crippen molar-refractivity contribution in [1.29, 1.82) is 0 Å². The molecule has 1 nitrogen and oxygen atoms in total. The molecule has 0 fully saturated rings. The topological polar surface area (TPSA) is 17.1 Å². The van der Waals surface area contributed by atoms with Gasteiger partial charge < -0.3 is 0 Å². The third-order valence-corrected chi connectivity index (χ3v) is 1.05. The fourth-order valence-electron chi connectivity index (χ4n) is 0.355. The molecule has 0 aromatic heterocycles. The first-order chi connectivity index (χ1) is 4.39. The highest BCUT2D eigenvalue weighted by molar-refractivity contribution is 5.98. The van der Waals surface area contributed by atoms with Gasteiger partial charge in [-0.25, -0.2) is 0 Å². The standard InChI is InChI=1S/C6H7F3O/c1-3-4(2)5(10)6(7,8)9/h3H,1-2H3/b4-3+. The predicted octanol–water partition coefficient (Wildman–Crippen LogP) is 2.08. The fourth-order valence-corrected chi connectivity index (χ4v) is 0.355. The fraction of sp³-hybridized carbons (Fsp3) is 0.500. The van der Waals surface area contributed by atoms with Gasteiger partial charge in [0.1, 0.15) is 0 Å². The summed E-state index contributed by atoms with van der Waals surface area (Å²) in [4.78, 5) is 10.2. The summed E-state index contributed by atoms with van der Waals surface area (Å²) in [6.07, 6.45) is -3.59. The van der Waals surface area contributed by atoms with Crippen molar-refractivity contribution in [2.24, 2.45) is 0 Å². The summed E-state index contributed by atoms with van der Waals surface area (Å²) in [5.74, 6) is -1.77. The molecule has 0 amide bonds. The summed E-state index contributed by atoms with van der Waals surface area (Å²) in [7, 11) is 0. The second-order valence-corrected chi connectivity index (χ2v) is 1.80. The molecule has 0 N–H and O–H groups in total. The molecule has 0 aromatic carbocycles. The maximum absolute atomic E-state index is 11.5. The number of halogens is 3. The van der Waals surface area contributed by atoms with E-state index in [4.69, 9.17) is 0 Å². The first kappa shape index (κ1) is 9.20. The first-order valence-corrected chi connectivity index (χ1v) is 2.64. The van der Waals surface area contributed by atoms with Gasteiger partial charge in [-0.05, 0) is 19.4 Å². The van der Waals surface area contributed by atoms with Crippen LogP contribution in [0.2, 0.25) is 0 Å². The molecule has 0 aliphatic heterocycles. The summed E-state index contributed by atoms with van der Waals surface area (Å²) in [5, 5.41) is 0. The van der Waals surface area contributed by atoms with E-state index in [1.807, 2.05) is 0 Å². The van der Waals surface area contributed by atoms with Gasteiger partial charge in [0.15, 0.2) is 0 Å². The van der Waals surface area contributed by atoms with Gasteiger partial charge in [0, 0.05) is 0 Å². The van der Waals surface area contributed by atoms with Crippen molar-refractivity contribution in [2.45, 2.75) is 20.0 Å². The van der Waals surface area contributed by atoms with Gasteiger partial charge in [0.05, 0.1) is 0 Å². The molecule has 0 aliphatic carbocycles. The molecule has 0 heterocycles. The monoisotopic (exact) mass is 152 g/mol. The van der Waals surface area contributed by atoms with Crippen molar-refractivity contribution in [3.8, 4) is 0 Å². The second kappa shape index (κ2) is 2.86. The lowest BCUT2D eigenvalue weighted by atomic mass is 10.2. The van der Waals surface area contributed by atoms with E-state index in [0.29, 0.717) is 0 Å². The van der Waals surface area contributed by atoms with Crippen molar-refractivity contribution in [2.75, 3.05) is 0 Å². The van der Waals surface area contributed by atoms with Crippen LogP contribution < -0.4 is 0 Å². The van der Waals surface area contributed by atoms with E-state index in [1.54, 1.807) is 0 Å². The van der Waals surface area contributed by atoms with Gasteiger partial charge in [-0.1, -0.05) is 6.08 Å². The second-order valence-electron chi connectivity index (χ2n) is 1.80. The Kier molecular flexibility index (Phi) is 2.63. The van der Waals surface area contributed by atoms with E-state index in [-0.39, 0.29) is 5.57 Å². The Hall–Kier alpha value is -0.800. The number of hydrogen-bond donors (Lipinski definition) is 0. The molecule has 0 unspecified atom stereocenters. The number of carbonyl (C=O) groups is 1. The third-order valence-electron chi connectivity index (χ3n) is 1.05. The summed E-state index contributed by atoms with van der Waals surface area (Å²) in [6.45, 7) is 2.52. The molecule has 4 heteroatoms. The van der Waals surface area contributed by atoms with Crippen LogP contribution in [0.25, 0.3) is 0 Å². The highest BCUT2D eigenvalue weighted by Crippen LogP contribution is 2.19. The highest BCUT2D eigenvalue weighted by Gasteiger charge is 2.38. The molecule has 0 saturated carbocycles. The largest absolute Gasteiger partial charge is 0.454 e. The maximum atomic E-state index is 11.5. The van der Waals surface area contributed by atoms with Crippen molar-refractivity contribution >= 4 is 5.78 Å². The average Bonchev–Trinajstić information content (AvgIpc) is 1.83. The smallest absolute Gasteiger partial charge is 0.284 e. The molecular formula is C6H7F3O. The molecule has 0 aliphatic rings. The van der Waals surface area contributed by atoms with Crippen molar-refractivity contribution < 1.29 is 18.0 Å². The van der Waals surface area contributed by atoms with E-state index in [2.05, 4.69) is 0 Å². The zero-order valence-corrected chi connectivity index (χ0v) is 5.62. The SMILES string of the molecule is C/C=C(\C)C(=O)C(F)(F)F. The molecule has 0 rings (SSSR count). The lowest BCUT2D eigenvalue weighted by Gasteiger charge is -2.02. The zero-order valence-electron chi connectivity index (χ0n) is 5.62. The number of carbonyl (C=O) groups excluding carboxylic acids is 1. The Morgan fingerprint density at radius 1 is 1.40 bits per heavy atom. The van der Waals surface area contributed by atoms with E-state index >= 15 is 0 Å². The Bertz CT molecular complexity index is 166. The van der Waals surface area contributed by atoms with Gasteiger partial charge in [0.2, 0.25) is 0 Å². The van der Waals surface area contributed by atoms with Crippen LogP contribution in [0.15, 0.2) is 11.6 Å². The van der Waals surface area contributed by atoms with Crippen molar-refractivity contribution in [3.63, 3.8) is 0 Å². The minimum absolute atomic E-state index is 0.271. The Labute approximate surface area is 56.5 Å². The summed E-state index contributed by atoms with van der Waals surface area (Å²) < 4.78 is 34.5. The van der Waals surface area contributed by atoms with Gasteiger partial charge in [0.25, 0.3) is 5.78 Å². The number of rotatable bonds is 1. The molecule has 0 aromatic rings. The number of alkyl halides is 3. The zero-order chi connectivity index (χ0) is 8.36. The van der Waals surface area contributed by atoms with Crippen LogP contribution in [-0.2, 0) is 4.79 Å². The summed E-state index contributed by atoms with van der Waals surface area (Å²) in [6, 6.07) is 0. The lowest BCUT2D eigenvalue weighted by molar-refractivity contribution is -0.166. The number of hydrogen-bond acceptors (Lipinski definition) is 1. The highest BCUT2D eigenvalue weighted by atomic mass is 19.4. The summed E-state index contributed by atoms with van der Waals surface area (Å²) in [5.41, 5.74) is -0.271. The van der Waals surface area contributed by atoms with E-state index < -0.39 is 12.0 Å². The van der Waals surface area contributed by atoms with Gasteiger partial charge >= 0.3 is 6.18 Å². The van der Waals surface area contributed by atoms with E-state index in [9.17, 15) is 18.0 Å². The van der Waals surface area contributed by atoms with Crippen LogP contribution in [0.3, 0.4) is 0 Å². The molecule has 58 valence electrons. The van der Waals surface area contributed by atoms with Crippen molar-refractivity contribution in [1.82, 2.24) is 0 Å². The first-order valence-electron chi connectivity index (χ1n) is 2.64. The molecule has 10 heavy (non-hydrogen) atoms. The Balaban J connectivity index is 4.39. The van der Waals surface area contributed by atoms with E-state index in [0.717, 1.165) is 13.0 Å². The predicted molar refractivity (Wildman–Crippen MR) is 30.5 cm³/mol. The quantitative estimate of drug-likeness (QED) is 0.526. The minimum Gasteiger partial charge on any atom is -0.284 e. The van der Waals surface area contributed by atoms with Gasteiger partial charge in [-0.2, -0.15) is 13.2 Å². The Morgan fingerprint density at radius 2 is 1.80 bits per heavy atom. The third kappa shape index (κ3) is 2.21. The summed E-state index contributed by atoms with van der Waals surface area (Å²) >= 11 is 0. The van der Waals surface area contributed by atoms with Crippen LogP contribution in [0, 0.1) is 0 Å². The van der Waals surface area contributed by atoms with Crippen LogP contribution in [-0.4, -0.2) is 12.0 Å². The number of ketones is 1. The normalized spacial score (nSPS) is 13.5. The molecule has 0 radical (unpaired) electrons. The average molecular weight is 152 g/mol.